The molecule has 2 unspecified atom stereocenters. The van der Waals surface area contributed by atoms with E-state index in [0.717, 1.165) is 38.5 Å². The number of phosphoric acid groups is 1. The van der Waals surface area contributed by atoms with Gasteiger partial charge in [0.2, 0.25) is 5.91 Å². The molecule has 0 aromatic heterocycles. The molecule has 2 atom stereocenters. The van der Waals surface area contributed by atoms with Crippen molar-refractivity contribution in [3.8, 4) is 0 Å². The lowest BCUT2D eigenvalue weighted by Gasteiger charge is -2.15. The summed E-state index contributed by atoms with van der Waals surface area (Å²) in [6.45, 7) is 2.90. The Bertz CT molecular complexity index is 585. The van der Waals surface area contributed by atoms with Crippen molar-refractivity contribution in [2.45, 2.75) is 97.0 Å². The van der Waals surface area contributed by atoms with Gasteiger partial charge in [-0.25, -0.2) is 4.57 Å². The van der Waals surface area contributed by atoms with Gasteiger partial charge in [-0.15, -0.1) is 0 Å². The molecule has 0 heterocycles. The van der Waals surface area contributed by atoms with E-state index in [0.29, 0.717) is 6.42 Å². The highest BCUT2D eigenvalue weighted by Gasteiger charge is 2.23. The van der Waals surface area contributed by atoms with Crippen LogP contribution >= 0.6 is 7.82 Å². The number of phosphoric ester groups is 1. The number of unbranched alkanes of at least 4 members (excludes halogenated alkanes) is 8. The Morgan fingerprint density at radius 1 is 0.939 bits per heavy atom. The summed E-state index contributed by atoms with van der Waals surface area (Å²) < 4.78 is 26.0. The minimum Gasteiger partial charge on any atom is -0.463 e. The summed E-state index contributed by atoms with van der Waals surface area (Å²) in [7, 11) is -4.36. The van der Waals surface area contributed by atoms with Gasteiger partial charge in [0, 0.05) is 19.4 Å². The first-order valence-corrected chi connectivity index (χ1v) is 13.7. The molecule has 194 valence electrons. The molecule has 3 N–H and O–H groups in total. The van der Waals surface area contributed by atoms with Crippen molar-refractivity contribution in [3.63, 3.8) is 0 Å². The van der Waals surface area contributed by atoms with Gasteiger partial charge in [0.25, 0.3) is 0 Å². The number of hydrogen-bond donors (Lipinski definition) is 3. The van der Waals surface area contributed by atoms with E-state index in [-0.39, 0.29) is 32.1 Å². The zero-order valence-electron chi connectivity index (χ0n) is 20.3. The molecule has 0 saturated carbocycles. The third-order valence-electron chi connectivity index (χ3n) is 4.76. The smallest absolute Gasteiger partial charge is 0.463 e. The first-order valence-electron chi connectivity index (χ1n) is 12.2. The molecule has 0 aliphatic carbocycles. The van der Waals surface area contributed by atoms with Crippen molar-refractivity contribution < 1.29 is 37.9 Å². The van der Waals surface area contributed by atoms with Crippen LogP contribution in [0.25, 0.3) is 0 Å². The van der Waals surface area contributed by atoms with Crippen LogP contribution in [0.1, 0.15) is 90.9 Å². The molecular formula is C23H44NO8P. The molecule has 0 saturated heterocycles. The zero-order chi connectivity index (χ0) is 24.8. The number of nitrogens with one attached hydrogen (secondary N) is 1. The summed E-state index contributed by atoms with van der Waals surface area (Å²) in [5, 5.41) is 12.2. The van der Waals surface area contributed by atoms with Crippen molar-refractivity contribution in [1.29, 1.82) is 0 Å². The van der Waals surface area contributed by atoms with Crippen molar-refractivity contribution in [2.24, 2.45) is 0 Å². The molecule has 0 fully saturated rings. The molecule has 10 heteroatoms. The average Bonchev–Trinajstić information content (AvgIpc) is 2.79. The molecule has 1 amide bonds. The van der Waals surface area contributed by atoms with Gasteiger partial charge in [0.1, 0.15) is 12.7 Å². The number of amides is 1. The minimum absolute atomic E-state index is 0.0664. The van der Waals surface area contributed by atoms with Crippen molar-refractivity contribution in [1.82, 2.24) is 5.32 Å². The SMILES string of the molecule is CCCCC/C=C\CCCCCCCC(=O)OCC(O)COP(=O)(O)OCCNC(=O)CC. The number of aliphatic hydroxyl groups excluding tert-OH is 1. The van der Waals surface area contributed by atoms with Crippen LogP contribution in [-0.4, -0.2) is 54.3 Å². The van der Waals surface area contributed by atoms with Crippen LogP contribution in [0.4, 0.5) is 0 Å². The fourth-order valence-corrected chi connectivity index (χ4v) is 3.57. The normalized spacial score (nSPS) is 14.2. The summed E-state index contributed by atoms with van der Waals surface area (Å²) in [6, 6.07) is 0. The molecular weight excluding hydrogens is 449 g/mol. The topological polar surface area (TPSA) is 131 Å². The molecule has 33 heavy (non-hydrogen) atoms. The van der Waals surface area contributed by atoms with E-state index >= 15 is 0 Å². The predicted octanol–water partition coefficient (Wildman–Crippen LogP) is 4.42. The number of carbonyl (C=O) groups excluding carboxylic acids is 2. The third kappa shape index (κ3) is 22.3. The number of carbonyl (C=O) groups is 2. The monoisotopic (exact) mass is 493 g/mol. The maximum atomic E-state index is 11.7. The van der Waals surface area contributed by atoms with Gasteiger partial charge in [-0.05, 0) is 32.1 Å². The van der Waals surface area contributed by atoms with E-state index in [9.17, 15) is 24.2 Å². The summed E-state index contributed by atoms with van der Waals surface area (Å²) in [4.78, 5) is 32.3. The molecule has 0 bridgehead atoms. The maximum absolute atomic E-state index is 11.7. The fourth-order valence-electron chi connectivity index (χ4n) is 2.81. The van der Waals surface area contributed by atoms with Crippen LogP contribution in [0.2, 0.25) is 0 Å². The van der Waals surface area contributed by atoms with Gasteiger partial charge in [-0.1, -0.05) is 58.1 Å². The molecule has 0 aliphatic rings. The first kappa shape index (κ1) is 31.8. The van der Waals surface area contributed by atoms with Gasteiger partial charge in [0.05, 0.1) is 13.2 Å². The van der Waals surface area contributed by atoms with E-state index in [4.69, 9.17) is 4.74 Å². The highest BCUT2D eigenvalue weighted by molar-refractivity contribution is 7.47. The first-order chi connectivity index (χ1) is 15.8. The standard InChI is InChI=1S/C23H44NO8P/c1-3-5-6-7-8-9-10-11-12-13-14-15-16-23(27)30-19-21(25)20-32-33(28,29)31-18-17-24-22(26)4-2/h8-9,21,25H,3-7,10-20H2,1-2H3,(H,24,26)(H,28,29)/b9-8-. The Morgan fingerprint density at radius 3 is 2.24 bits per heavy atom. The minimum atomic E-state index is -4.36. The van der Waals surface area contributed by atoms with Crippen LogP contribution in [0.3, 0.4) is 0 Å². The average molecular weight is 494 g/mol. The molecule has 0 radical (unpaired) electrons. The largest absolute Gasteiger partial charge is 0.472 e. The Kier molecular flexibility index (Phi) is 20.5. The van der Waals surface area contributed by atoms with Crippen LogP contribution in [-0.2, 0) is 27.9 Å². The van der Waals surface area contributed by atoms with Crippen LogP contribution in [0.5, 0.6) is 0 Å². The predicted molar refractivity (Wildman–Crippen MR) is 128 cm³/mol. The lowest BCUT2D eigenvalue weighted by Crippen LogP contribution is -2.26. The van der Waals surface area contributed by atoms with Crippen molar-refractivity contribution in [3.05, 3.63) is 12.2 Å². The van der Waals surface area contributed by atoms with Crippen molar-refractivity contribution in [2.75, 3.05) is 26.4 Å². The lowest BCUT2D eigenvalue weighted by molar-refractivity contribution is -0.147. The van der Waals surface area contributed by atoms with Gasteiger partial charge in [0.15, 0.2) is 0 Å². The van der Waals surface area contributed by atoms with Gasteiger partial charge in [-0.3, -0.25) is 18.6 Å². The summed E-state index contributed by atoms with van der Waals surface area (Å²) in [5.41, 5.74) is 0. The molecule has 0 aromatic rings. The summed E-state index contributed by atoms with van der Waals surface area (Å²) >= 11 is 0. The Morgan fingerprint density at radius 2 is 1.58 bits per heavy atom. The summed E-state index contributed by atoms with van der Waals surface area (Å²) in [5.74, 6) is -0.621. The number of ether oxygens (including phenoxy) is 1. The van der Waals surface area contributed by atoms with E-state index in [2.05, 4.69) is 33.4 Å². The number of hydrogen-bond acceptors (Lipinski definition) is 7. The second-order valence-corrected chi connectivity index (χ2v) is 9.37. The maximum Gasteiger partial charge on any atom is 0.472 e. The number of allylic oxidation sites excluding steroid dienone is 2. The van der Waals surface area contributed by atoms with Gasteiger partial charge >= 0.3 is 13.8 Å². The molecule has 0 rings (SSSR count). The lowest BCUT2D eigenvalue weighted by atomic mass is 10.1. The van der Waals surface area contributed by atoms with Crippen LogP contribution < -0.4 is 5.32 Å². The Hall–Kier alpha value is -1.25. The highest BCUT2D eigenvalue weighted by Crippen LogP contribution is 2.42. The highest BCUT2D eigenvalue weighted by atomic mass is 31.2. The van der Waals surface area contributed by atoms with E-state index < -0.39 is 26.5 Å². The Balaban J connectivity index is 3.65. The van der Waals surface area contributed by atoms with Crippen LogP contribution in [0, 0.1) is 0 Å². The number of esters is 1. The fraction of sp³-hybridized carbons (Fsp3) is 0.826. The summed E-state index contributed by atoms with van der Waals surface area (Å²) in [6.07, 6.45) is 15.0. The van der Waals surface area contributed by atoms with E-state index in [1.54, 1.807) is 6.92 Å². The van der Waals surface area contributed by atoms with E-state index in [1.807, 2.05) is 0 Å². The number of aliphatic hydroxyl groups is 1. The van der Waals surface area contributed by atoms with E-state index in [1.165, 1.54) is 25.7 Å². The molecule has 0 spiro atoms. The zero-order valence-corrected chi connectivity index (χ0v) is 21.2. The van der Waals surface area contributed by atoms with Gasteiger partial charge in [-0.2, -0.15) is 0 Å². The van der Waals surface area contributed by atoms with Crippen LogP contribution in [0.15, 0.2) is 12.2 Å². The quantitative estimate of drug-likeness (QED) is 0.0874. The number of rotatable bonds is 22. The second-order valence-electron chi connectivity index (χ2n) is 7.91. The molecule has 0 aliphatic heterocycles. The second kappa shape index (κ2) is 21.3. The third-order valence-corrected chi connectivity index (χ3v) is 5.74. The van der Waals surface area contributed by atoms with Gasteiger partial charge < -0.3 is 20.1 Å². The molecule has 9 nitrogen and oxygen atoms in total. The molecule has 0 aromatic carbocycles. The Labute approximate surface area is 198 Å². The van der Waals surface area contributed by atoms with Crippen molar-refractivity contribution >= 4 is 19.7 Å².